The summed E-state index contributed by atoms with van der Waals surface area (Å²) in [5.41, 5.74) is 6.58. The van der Waals surface area contributed by atoms with Gasteiger partial charge in [0.2, 0.25) is 0 Å². The van der Waals surface area contributed by atoms with Crippen molar-refractivity contribution in [2.24, 2.45) is 0 Å². The molecule has 0 atom stereocenters. The molecule has 20 heavy (non-hydrogen) atoms. The molecule has 0 saturated heterocycles. The Labute approximate surface area is 118 Å². The molecule has 0 radical (unpaired) electrons. The van der Waals surface area contributed by atoms with Gasteiger partial charge in [-0.15, -0.1) is 0 Å². The van der Waals surface area contributed by atoms with Crippen molar-refractivity contribution < 1.29 is 9.53 Å². The van der Waals surface area contributed by atoms with Gasteiger partial charge in [0.15, 0.2) is 0 Å². The lowest BCUT2D eigenvalue weighted by Crippen LogP contribution is -2.18. The standard InChI is InChI=1S/C13H13N3O2.C2H6/c1-15-13(17)12-8-11(5-6-16-12)18-10-4-2-3-9(14)7-10;1-2/h2-8H,14H2,1H3,(H,15,17);1-2H3. The first-order chi connectivity index (χ1) is 9.69. The molecule has 0 unspecified atom stereocenters. The number of carbonyl (C=O) groups excluding carboxylic acids is 1. The van der Waals surface area contributed by atoms with E-state index < -0.39 is 0 Å². The molecule has 1 aromatic carbocycles. The van der Waals surface area contributed by atoms with Crippen molar-refractivity contribution >= 4 is 11.6 Å². The van der Waals surface area contributed by atoms with Gasteiger partial charge in [0.1, 0.15) is 17.2 Å². The number of ether oxygens (including phenoxy) is 1. The van der Waals surface area contributed by atoms with Gasteiger partial charge >= 0.3 is 0 Å². The first kappa shape index (κ1) is 15.5. The van der Waals surface area contributed by atoms with Crippen LogP contribution in [0.25, 0.3) is 0 Å². The maximum absolute atomic E-state index is 11.4. The number of pyridine rings is 1. The highest BCUT2D eigenvalue weighted by atomic mass is 16.5. The maximum Gasteiger partial charge on any atom is 0.269 e. The van der Waals surface area contributed by atoms with Gasteiger partial charge in [0.05, 0.1) is 0 Å². The van der Waals surface area contributed by atoms with Crippen molar-refractivity contribution in [3.8, 4) is 11.5 Å². The Kier molecular flexibility index (Phi) is 6.03. The summed E-state index contributed by atoms with van der Waals surface area (Å²) in [5, 5.41) is 2.50. The second-order valence-corrected chi connectivity index (χ2v) is 3.63. The Bertz CT molecular complexity index is 571. The van der Waals surface area contributed by atoms with E-state index in [4.69, 9.17) is 10.5 Å². The molecule has 0 spiro atoms. The van der Waals surface area contributed by atoms with Gasteiger partial charge in [0.25, 0.3) is 5.91 Å². The fourth-order valence-electron chi connectivity index (χ4n) is 1.44. The van der Waals surface area contributed by atoms with Crippen LogP contribution in [0.1, 0.15) is 24.3 Å². The average Bonchev–Trinajstić information content (AvgIpc) is 2.49. The summed E-state index contributed by atoms with van der Waals surface area (Å²) < 4.78 is 5.59. The van der Waals surface area contributed by atoms with Crippen molar-refractivity contribution in [2.45, 2.75) is 13.8 Å². The first-order valence-corrected chi connectivity index (χ1v) is 6.40. The van der Waals surface area contributed by atoms with E-state index in [9.17, 15) is 4.79 Å². The molecule has 5 heteroatoms. The predicted octanol–water partition coefficient (Wildman–Crippen LogP) is 2.84. The minimum absolute atomic E-state index is 0.256. The summed E-state index contributed by atoms with van der Waals surface area (Å²) in [4.78, 5) is 15.4. The zero-order valence-corrected chi connectivity index (χ0v) is 11.9. The number of nitrogen functional groups attached to an aromatic ring is 1. The second-order valence-electron chi connectivity index (χ2n) is 3.63. The molecule has 2 aromatic rings. The number of nitrogens with one attached hydrogen (secondary N) is 1. The number of amides is 1. The van der Waals surface area contributed by atoms with E-state index in [0.29, 0.717) is 22.9 Å². The summed E-state index contributed by atoms with van der Waals surface area (Å²) in [6.07, 6.45) is 1.52. The number of hydrogen-bond acceptors (Lipinski definition) is 4. The molecule has 1 aromatic heterocycles. The summed E-state index contributed by atoms with van der Waals surface area (Å²) >= 11 is 0. The molecule has 0 aliphatic heterocycles. The van der Waals surface area contributed by atoms with Gasteiger partial charge < -0.3 is 15.8 Å². The van der Waals surface area contributed by atoms with Gasteiger partial charge in [-0.25, -0.2) is 0 Å². The molecule has 1 heterocycles. The van der Waals surface area contributed by atoms with Crippen LogP contribution in [-0.2, 0) is 0 Å². The minimum atomic E-state index is -0.256. The number of aromatic nitrogens is 1. The molecule has 0 aliphatic carbocycles. The van der Waals surface area contributed by atoms with E-state index in [0.717, 1.165) is 0 Å². The number of benzene rings is 1. The molecule has 0 bridgehead atoms. The molecule has 3 N–H and O–H groups in total. The highest BCUT2D eigenvalue weighted by Crippen LogP contribution is 2.22. The Balaban J connectivity index is 0.000000956. The van der Waals surface area contributed by atoms with E-state index in [2.05, 4.69) is 10.3 Å². The molecular formula is C15H19N3O2. The fraction of sp³-hybridized carbons (Fsp3) is 0.200. The second kappa shape index (κ2) is 7.78. The monoisotopic (exact) mass is 273 g/mol. The molecule has 106 valence electrons. The zero-order valence-electron chi connectivity index (χ0n) is 11.9. The van der Waals surface area contributed by atoms with E-state index >= 15 is 0 Å². The molecule has 0 fully saturated rings. The SMILES string of the molecule is CC.CNC(=O)c1cc(Oc2cccc(N)c2)ccn1. The highest BCUT2D eigenvalue weighted by Gasteiger charge is 2.06. The quantitative estimate of drug-likeness (QED) is 0.843. The van der Waals surface area contributed by atoms with Crippen LogP contribution in [0.15, 0.2) is 42.6 Å². The normalized spacial score (nSPS) is 9.15. The van der Waals surface area contributed by atoms with Crippen molar-refractivity contribution in [2.75, 3.05) is 12.8 Å². The van der Waals surface area contributed by atoms with Crippen molar-refractivity contribution in [1.29, 1.82) is 0 Å². The van der Waals surface area contributed by atoms with Gasteiger partial charge in [-0.2, -0.15) is 0 Å². The third-order valence-corrected chi connectivity index (χ3v) is 2.28. The zero-order chi connectivity index (χ0) is 15.0. The number of hydrogen-bond donors (Lipinski definition) is 2. The molecule has 5 nitrogen and oxygen atoms in total. The first-order valence-electron chi connectivity index (χ1n) is 6.40. The number of nitrogens with two attached hydrogens (primary N) is 1. The lowest BCUT2D eigenvalue weighted by Gasteiger charge is -2.07. The summed E-state index contributed by atoms with van der Waals surface area (Å²) in [6.45, 7) is 4.00. The van der Waals surface area contributed by atoms with Crippen molar-refractivity contribution in [3.05, 3.63) is 48.3 Å². The minimum Gasteiger partial charge on any atom is -0.457 e. The lowest BCUT2D eigenvalue weighted by atomic mass is 10.3. The lowest BCUT2D eigenvalue weighted by molar-refractivity contribution is 0.0958. The number of rotatable bonds is 3. The molecule has 1 amide bonds. The van der Waals surface area contributed by atoms with Crippen molar-refractivity contribution in [3.63, 3.8) is 0 Å². The van der Waals surface area contributed by atoms with E-state index in [-0.39, 0.29) is 5.91 Å². The van der Waals surface area contributed by atoms with Crippen LogP contribution in [0, 0.1) is 0 Å². The van der Waals surface area contributed by atoms with Crippen LogP contribution in [0.5, 0.6) is 11.5 Å². The van der Waals surface area contributed by atoms with E-state index in [1.807, 2.05) is 13.8 Å². The highest BCUT2D eigenvalue weighted by molar-refractivity contribution is 5.92. The fourth-order valence-corrected chi connectivity index (χ4v) is 1.44. The predicted molar refractivity (Wildman–Crippen MR) is 79.9 cm³/mol. The topological polar surface area (TPSA) is 77.2 Å². The smallest absolute Gasteiger partial charge is 0.269 e. The Morgan fingerprint density at radius 1 is 1.20 bits per heavy atom. The summed E-state index contributed by atoms with van der Waals surface area (Å²) in [6, 6.07) is 10.3. The average molecular weight is 273 g/mol. The van der Waals surface area contributed by atoms with Crippen LogP contribution in [0.4, 0.5) is 5.69 Å². The van der Waals surface area contributed by atoms with Gasteiger partial charge in [0, 0.05) is 31.1 Å². The molecule has 2 rings (SSSR count). The Hall–Kier alpha value is -2.56. The number of carbonyl (C=O) groups is 1. The largest absolute Gasteiger partial charge is 0.457 e. The van der Waals surface area contributed by atoms with Gasteiger partial charge in [-0.1, -0.05) is 19.9 Å². The van der Waals surface area contributed by atoms with E-state index in [1.54, 1.807) is 43.4 Å². The third-order valence-electron chi connectivity index (χ3n) is 2.28. The Morgan fingerprint density at radius 2 is 1.90 bits per heavy atom. The third kappa shape index (κ3) is 4.28. The summed E-state index contributed by atoms with van der Waals surface area (Å²) in [7, 11) is 1.55. The summed E-state index contributed by atoms with van der Waals surface area (Å²) in [5.74, 6) is 0.895. The van der Waals surface area contributed by atoms with Crippen molar-refractivity contribution in [1.82, 2.24) is 10.3 Å². The number of anilines is 1. The molecular weight excluding hydrogens is 254 g/mol. The van der Waals surface area contributed by atoms with Gasteiger partial charge in [-0.3, -0.25) is 9.78 Å². The van der Waals surface area contributed by atoms with Crippen LogP contribution in [0.2, 0.25) is 0 Å². The van der Waals surface area contributed by atoms with Crippen LogP contribution < -0.4 is 15.8 Å². The number of nitrogens with zero attached hydrogens (tertiary/aromatic N) is 1. The Morgan fingerprint density at radius 3 is 2.55 bits per heavy atom. The van der Waals surface area contributed by atoms with Crippen LogP contribution in [0.3, 0.4) is 0 Å². The van der Waals surface area contributed by atoms with Crippen LogP contribution in [-0.4, -0.2) is 17.9 Å². The van der Waals surface area contributed by atoms with Crippen LogP contribution >= 0.6 is 0 Å². The molecule has 0 saturated carbocycles. The van der Waals surface area contributed by atoms with Gasteiger partial charge in [-0.05, 0) is 18.2 Å². The maximum atomic E-state index is 11.4. The molecule has 0 aliphatic rings. The van der Waals surface area contributed by atoms with E-state index in [1.165, 1.54) is 6.20 Å².